The van der Waals surface area contributed by atoms with Crippen LogP contribution in [0, 0.1) is 12.8 Å². The van der Waals surface area contributed by atoms with Gasteiger partial charge in [-0.1, -0.05) is 42.0 Å². The molecular weight excluding hydrogens is 490 g/mol. The van der Waals surface area contributed by atoms with Crippen molar-refractivity contribution in [3.63, 3.8) is 0 Å². The highest BCUT2D eigenvalue weighted by atomic mass is 16.5. The fourth-order valence-corrected chi connectivity index (χ4v) is 5.34. The van der Waals surface area contributed by atoms with Gasteiger partial charge < -0.3 is 18.8 Å². The number of pyridine rings is 1. The summed E-state index contributed by atoms with van der Waals surface area (Å²) >= 11 is 0. The third-order valence-electron chi connectivity index (χ3n) is 7.46. The van der Waals surface area contributed by atoms with Crippen LogP contribution in [0.2, 0.25) is 0 Å². The molecule has 4 aromatic rings. The van der Waals surface area contributed by atoms with E-state index in [1.807, 2.05) is 42.2 Å². The molecule has 1 saturated heterocycles. The number of rotatable bonds is 8. The quantitative estimate of drug-likeness (QED) is 0.275. The summed E-state index contributed by atoms with van der Waals surface area (Å²) in [5.74, 6) is 0.588. The van der Waals surface area contributed by atoms with Gasteiger partial charge in [0.1, 0.15) is 11.4 Å². The van der Waals surface area contributed by atoms with Crippen LogP contribution in [0.5, 0.6) is 5.75 Å². The van der Waals surface area contributed by atoms with Crippen molar-refractivity contribution in [1.29, 1.82) is 0 Å². The normalized spacial score (nSPS) is 14.0. The number of carbonyl (C=O) groups is 2. The van der Waals surface area contributed by atoms with Crippen molar-refractivity contribution in [2.24, 2.45) is 5.92 Å². The lowest BCUT2D eigenvalue weighted by molar-refractivity contribution is -0.151. The van der Waals surface area contributed by atoms with Crippen LogP contribution >= 0.6 is 0 Å². The first kappa shape index (κ1) is 26.5. The lowest BCUT2D eigenvalue weighted by atomic mass is 9.96. The second-order valence-corrected chi connectivity index (χ2v) is 10.1. The molecule has 0 N–H and O–H groups in total. The van der Waals surface area contributed by atoms with Gasteiger partial charge in [0.25, 0.3) is 0 Å². The molecule has 3 heterocycles. The molecule has 0 saturated carbocycles. The Morgan fingerprint density at radius 1 is 0.974 bits per heavy atom. The van der Waals surface area contributed by atoms with Crippen LogP contribution in [0.4, 0.5) is 0 Å². The number of aromatic nitrogens is 2. The number of hydrogen-bond acceptors (Lipinski definition) is 5. The summed E-state index contributed by atoms with van der Waals surface area (Å²) in [6, 6.07) is 20.4. The number of nitrogens with zero attached hydrogens (tertiary/aromatic N) is 3. The highest BCUT2D eigenvalue weighted by Gasteiger charge is 2.28. The monoisotopic (exact) mass is 525 g/mol. The zero-order valence-electron chi connectivity index (χ0n) is 22.9. The van der Waals surface area contributed by atoms with Crippen molar-refractivity contribution in [2.45, 2.75) is 39.5 Å². The van der Waals surface area contributed by atoms with Gasteiger partial charge in [0, 0.05) is 31.3 Å². The Labute approximate surface area is 229 Å². The summed E-state index contributed by atoms with van der Waals surface area (Å²) < 4.78 is 12.8. The number of ether oxygens (including phenoxy) is 2. The number of hydrogen-bond donors (Lipinski definition) is 0. The molecular formula is C32H35N3O4. The molecule has 0 bridgehead atoms. The maximum atomic E-state index is 13.3. The molecule has 7 nitrogen and oxygen atoms in total. The van der Waals surface area contributed by atoms with E-state index >= 15 is 0 Å². The van der Waals surface area contributed by atoms with E-state index in [1.54, 1.807) is 7.11 Å². The van der Waals surface area contributed by atoms with E-state index in [1.165, 1.54) is 5.56 Å². The Morgan fingerprint density at radius 2 is 1.74 bits per heavy atom. The second-order valence-electron chi connectivity index (χ2n) is 10.1. The number of benzene rings is 2. The summed E-state index contributed by atoms with van der Waals surface area (Å²) in [6.45, 7) is 5.46. The van der Waals surface area contributed by atoms with Crippen molar-refractivity contribution in [1.82, 2.24) is 14.3 Å². The van der Waals surface area contributed by atoms with Crippen LogP contribution in [0.3, 0.4) is 0 Å². The van der Waals surface area contributed by atoms with Gasteiger partial charge >= 0.3 is 5.97 Å². The predicted molar refractivity (Wildman–Crippen MR) is 152 cm³/mol. The lowest BCUT2D eigenvalue weighted by Gasteiger charge is -2.31. The van der Waals surface area contributed by atoms with Crippen LogP contribution < -0.4 is 4.74 Å². The molecule has 7 heteroatoms. The Kier molecular flexibility index (Phi) is 7.96. The first-order chi connectivity index (χ1) is 19.0. The first-order valence-electron chi connectivity index (χ1n) is 13.6. The van der Waals surface area contributed by atoms with E-state index in [4.69, 9.17) is 14.5 Å². The van der Waals surface area contributed by atoms with Gasteiger partial charge in [-0.3, -0.25) is 9.59 Å². The average Bonchev–Trinajstić information content (AvgIpc) is 3.34. The van der Waals surface area contributed by atoms with Crippen LogP contribution in [0.15, 0.2) is 66.9 Å². The van der Waals surface area contributed by atoms with E-state index in [0.717, 1.165) is 39.5 Å². The van der Waals surface area contributed by atoms with Crippen molar-refractivity contribution < 1.29 is 19.1 Å². The van der Waals surface area contributed by atoms with E-state index in [9.17, 15) is 9.59 Å². The molecule has 202 valence electrons. The van der Waals surface area contributed by atoms with Gasteiger partial charge in [0.05, 0.1) is 31.0 Å². The SMILES string of the molecule is CCOC(=O)C1CCN(C(=O)CCc2c(-c3cccc(OC)c3)nc3ccc(-c4cccc(C)c4)cn23)CC1. The van der Waals surface area contributed by atoms with Gasteiger partial charge in [-0.15, -0.1) is 0 Å². The molecule has 0 spiro atoms. The van der Waals surface area contributed by atoms with Gasteiger partial charge in [-0.2, -0.15) is 0 Å². The van der Waals surface area contributed by atoms with E-state index in [2.05, 4.69) is 47.9 Å². The zero-order valence-corrected chi connectivity index (χ0v) is 22.9. The van der Waals surface area contributed by atoms with Crippen molar-refractivity contribution in [2.75, 3.05) is 26.8 Å². The average molecular weight is 526 g/mol. The minimum Gasteiger partial charge on any atom is -0.497 e. The summed E-state index contributed by atoms with van der Waals surface area (Å²) in [5.41, 5.74) is 7.06. The Hall–Kier alpha value is -4.13. The molecule has 5 rings (SSSR count). The maximum Gasteiger partial charge on any atom is 0.309 e. The molecule has 1 aliphatic rings. The van der Waals surface area contributed by atoms with Crippen LogP contribution in [0.1, 0.15) is 37.4 Å². The van der Waals surface area contributed by atoms with Gasteiger partial charge in [0.15, 0.2) is 0 Å². The molecule has 1 aliphatic heterocycles. The zero-order chi connectivity index (χ0) is 27.4. The summed E-state index contributed by atoms with van der Waals surface area (Å²) in [6.07, 6.45) is 4.32. The fraction of sp³-hybridized carbons (Fsp3) is 0.344. The smallest absolute Gasteiger partial charge is 0.309 e. The number of esters is 1. The van der Waals surface area contributed by atoms with E-state index in [-0.39, 0.29) is 17.8 Å². The van der Waals surface area contributed by atoms with E-state index < -0.39 is 0 Å². The fourth-order valence-electron chi connectivity index (χ4n) is 5.34. The standard InChI is InChI=1S/C32H35N3O4/c1-4-39-32(37)23-15-17-34(18-16-23)30(36)14-12-28-31(25-9-6-10-27(20-25)38-3)33-29-13-11-26(21-35(28)29)24-8-5-7-22(2)19-24/h5-11,13,19-21,23H,4,12,14-18H2,1-3H3. The number of carbonyl (C=O) groups excluding carboxylic acids is 2. The molecule has 0 unspecified atom stereocenters. The highest BCUT2D eigenvalue weighted by molar-refractivity contribution is 5.78. The molecule has 0 atom stereocenters. The van der Waals surface area contributed by atoms with Gasteiger partial charge in [-0.05, 0) is 68.5 Å². The number of imidazole rings is 1. The Balaban J connectivity index is 1.43. The third-order valence-corrected chi connectivity index (χ3v) is 7.46. The molecule has 1 amide bonds. The van der Waals surface area contributed by atoms with Crippen LogP contribution in [0.25, 0.3) is 28.0 Å². The molecule has 2 aromatic heterocycles. The molecule has 1 fully saturated rings. The topological polar surface area (TPSA) is 73.1 Å². The van der Waals surface area contributed by atoms with Gasteiger partial charge in [0.2, 0.25) is 5.91 Å². The van der Waals surface area contributed by atoms with E-state index in [0.29, 0.717) is 45.4 Å². The molecule has 39 heavy (non-hydrogen) atoms. The molecule has 0 aliphatic carbocycles. The van der Waals surface area contributed by atoms with Crippen molar-refractivity contribution in [3.8, 4) is 28.1 Å². The minimum absolute atomic E-state index is 0.0960. The largest absolute Gasteiger partial charge is 0.497 e. The summed E-state index contributed by atoms with van der Waals surface area (Å²) in [4.78, 5) is 32.2. The number of aryl methyl sites for hydroxylation is 2. The minimum atomic E-state index is -0.150. The van der Waals surface area contributed by atoms with Gasteiger partial charge in [-0.25, -0.2) is 4.98 Å². The summed E-state index contributed by atoms with van der Waals surface area (Å²) in [7, 11) is 1.65. The highest BCUT2D eigenvalue weighted by Crippen LogP contribution is 2.31. The first-order valence-corrected chi connectivity index (χ1v) is 13.6. The number of amides is 1. The van der Waals surface area contributed by atoms with Crippen molar-refractivity contribution >= 4 is 17.5 Å². The predicted octanol–water partition coefficient (Wildman–Crippen LogP) is 5.72. The third kappa shape index (κ3) is 5.82. The number of likely N-dealkylation sites (tertiary alicyclic amines) is 1. The number of methoxy groups -OCH3 is 1. The number of fused-ring (bicyclic) bond motifs is 1. The Bertz CT molecular complexity index is 1480. The maximum absolute atomic E-state index is 13.3. The summed E-state index contributed by atoms with van der Waals surface area (Å²) in [5, 5.41) is 0. The second kappa shape index (κ2) is 11.7. The van der Waals surface area contributed by atoms with Crippen LogP contribution in [-0.2, 0) is 20.7 Å². The Morgan fingerprint density at radius 3 is 2.49 bits per heavy atom. The van der Waals surface area contributed by atoms with Crippen LogP contribution in [-0.4, -0.2) is 53.0 Å². The van der Waals surface area contributed by atoms with Crippen molar-refractivity contribution in [3.05, 3.63) is 78.1 Å². The molecule has 2 aromatic carbocycles. The molecule has 0 radical (unpaired) electrons. The lowest BCUT2D eigenvalue weighted by Crippen LogP contribution is -2.40. The number of piperidine rings is 1.